The lowest BCUT2D eigenvalue weighted by Gasteiger charge is -2.34. The molecule has 1 aromatic carbocycles. The van der Waals surface area contributed by atoms with Gasteiger partial charge in [0.05, 0.1) is 0 Å². The first-order valence-corrected chi connectivity index (χ1v) is 6.60. The Morgan fingerprint density at radius 3 is 2.76 bits per heavy atom. The highest BCUT2D eigenvalue weighted by atomic mass is 35.5. The van der Waals surface area contributed by atoms with Crippen molar-refractivity contribution >= 4 is 11.6 Å². The van der Waals surface area contributed by atoms with E-state index >= 15 is 0 Å². The maximum atomic E-state index is 13.0. The van der Waals surface area contributed by atoms with E-state index in [0.717, 1.165) is 18.5 Å². The maximum absolute atomic E-state index is 13.0. The molecule has 0 radical (unpaired) electrons. The van der Waals surface area contributed by atoms with Crippen LogP contribution in [-0.4, -0.2) is 12.1 Å². The lowest BCUT2D eigenvalue weighted by molar-refractivity contribution is 0.269. The summed E-state index contributed by atoms with van der Waals surface area (Å²) in [6.07, 6.45) is 3.25. The molecule has 17 heavy (non-hydrogen) atoms. The molecule has 1 fully saturated rings. The van der Waals surface area contributed by atoms with Gasteiger partial charge in [-0.15, -0.1) is 0 Å². The highest BCUT2D eigenvalue weighted by Crippen LogP contribution is 2.33. The first kappa shape index (κ1) is 12.8. The minimum atomic E-state index is -0.267. The highest BCUT2D eigenvalue weighted by Gasteiger charge is 2.36. The molecular formula is C14H19ClFN. The summed E-state index contributed by atoms with van der Waals surface area (Å²) >= 11 is 6.11. The number of nitrogens with one attached hydrogen (secondary N) is 1. The quantitative estimate of drug-likeness (QED) is 0.866. The molecule has 1 nitrogen and oxygen atoms in total. The molecule has 0 amide bonds. The fourth-order valence-electron chi connectivity index (χ4n) is 2.68. The fourth-order valence-corrected chi connectivity index (χ4v) is 2.92. The molecule has 94 valence electrons. The van der Waals surface area contributed by atoms with Gasteiger partial charge in [0.2, 0.25) is 0 Å². The van der Waals surface area contributed by atoms with Crippen LogP contribution in [0.25, 0.3) is 0 Å². The number of hydrogen-bond acceptors (Lipinski definition) is 1. The Morgan fingerprint density at radius 2 is 2.24 bits per heavy atom. The van der Waals surface area contributed by atoms with E-state index in [2.05, 4.69) is 19.2 Å². The molecule has 0 saturated carbocycles. The van der Waals surface area contributed by atoms with Gasteiger partial charge in [0.15, 0.2) is 0 Å². The van der Waals surface area contributed by atoms with E-state index in [1.165, 1.54) is 25.0 Å². The molecule has 1 aliphatic heterocycles. The molecule has 0 aliphatic carbocycles. The molecule has 0 aromatic heterocycles. The summed E-state index contributed by atoms with van der Waals surface area (Å²) in [7, 11) is 0. The van der Waals surface area contributed by atoms with Crippen molar-refractivity contribution in [3.8, 4) is 0 Å². The van der Waals surface area contributed by atoms with E-state index < -0.39 is 0 Å². The third-order valence-corrected chi connectivity index (χ3v) is 4.25. The third-order valence-electron chi connectivity index (χ3n) is 3.90. The van der Waals surface area contributed by atoms with Gasteiger partial charge in [0, 0.05) is 10.6 Å². The second kappa shape index (κ2) is 4.95. The zero-order valence-electron chi connectivity index (χ0n) is 10.4. The van der Waals surface area contributed by atoms with E-state index in [0.29, 0.717) is 10.9 Å². The van der Waals surface area contributed by atoms with Gasteiger partial charge in [-0.05, 0) is 49.4 Å². The predicted octanol–water partition coefficient (Wildman–Crippen LogP) is 3.80. The number of benzene rings is 1. The maximum Gasteiger partial charge on any atom is 0.124 e. The molecule has 1 N–H and O–H groups in total. The van der Waals surface area contributed by atoms with Gasteiger partial charge in [0.1, 0.15) is 5.82 Å². The molecule has 1 atom stereocenters. The second-order valence-electron chi connectivity index (χ2n) is 5.25. The van der Waals surface area contributed by atoms with Crippen LogP contribution >= 0.6 is 11.6 Å². The Hall–Kier alpha value is -0.600. The number of hydrogen-bond donors (Lipinski definition) is 1. The summed E-state index contributed by atoms with van der Waals surface area (Å²) in [5.41, 5.74) is 1.16. The van der Waals surface area contributed by atoms with Gasteiger partial charge in [-0.2, -0.15) is 0 Å². The summed E-state index contributed by atoms with van der Waals surface area (Å²) in [6, 6.07) is 4.70. The first-order valence-electron chi connectivity index (χ1n) is 6.22. The number of halogens is 2. The van der Waals surface area contributed by atoms with Gasteiger partial charge in [-0.1, -0.05) is 31.5 Å². The first-order chi connectivity index (χ1) is 8.03. The predicted molar refractivity (Wildman–Crippen MR) is 69.9 cm³/mol. The van der Waals surface area contributed by atoms with Crippen molar-refractivity contribution in [2.24, 2.45) is 5.92 Å². The lowest BCUT2D eigenvalue weighted by Crippen LogP contribution is -2.46. The molecule has 1 aromatic rings. The SMILES string of the molecule is CC(C)C1(Cc2ccc(F)cc2Cl)CCCN1. The average molecular weight is 256 g/mol. The Morgan fingerprint density at radius 1 is 1.47 bits per heavy atom. The third kappa shape index (κ3) is 2.63. The van der Waals surface area contributed by atoms with Crippen LogP contribution in [0.3, 0.4) is 0 Å². The zero-order valence-corrected chi connectivity index (χ0v) is 11.1. The summed E-state index contributed by atoms with van der Waals surface area (Å²) in [5.74, 6) is 0.280. The van der Waals surface area contributed by atoms with Crippen LogP contribution < -0.4 is 5.32 Å². The van der Waals surface area contributed by atoms with E-state index in [1.807, 2.05) is 6.07 Å². The standard InChI is InChI=1S/C14H19ClFN/c1-10(2)14(6-3-7-17-14)9-11-4-5-12(16)8-13(11)15/h4-5,8,10,17H,3,6-7,9H2,1-2H3. The summed E-state index contributed by atoms with van der Waals surface area (Å²) < 4.78 is 13.0. The van der Waals surface area contributed by atoms with E-state index in [9.17, 15) is 4.39 Å². The molecule has 0 bridgehead atoms. The van der Waals surface area contributed by atoms with Crippen LogP contribution in [0, 0.1) is 11.7 Å². The van der Waals surface area contributed by atoms with Crippen LogP contribution in [-0.2, 0) is 6.42 Å². The minimum absolute atomic E-state index is 0.126. The lowest BCUT2D eigenvalue weighted by atomic mass is 9.80. The van der Waals surface area contributed by atoms with Gasteiger partial charge in [-0.25, -0.2) is 4.39 Å². The topological polar surface area (TPSA) is 12.0 Å². The minimum Gasteiger partial charge on any atom is -0.311 e. The normalized spacial score (nSPS) is 24.5. The fraction of sp³-hybridized carbons (Fsp3) is 0.571. The van der Waals surface area contributed by atoms with E-state index in [1.54, 1.807) is 0 Å². The highest BCUT2D eigenvalue weighted by molar-refractivity contribution is 6.31. The second-order valence-corrected chi connectivity index (χ2v) is 5.66. The van der Waals surface area contributed by atoms with Crippen molar-refractivity contribution in [2.45, 2.75) is 38.6 Å². The van der Waals surface area contributed by atoms with Gasteiger partial charge in [0.25, 0.3) is 0 Å². The van der Waals surface area contributed by atoms with Crippen LogP contribution in [0.4, 0.5) is 4.39 Å². The largest absolute Gasteiger partial charge is 0.311 e. The molecule has 1 saturated heterocycles. The molecule has 1 unspecified atom stereocenters. The Balaban J connectivity index is 2.23. The Kier molecular flexibility index (Phi) is 3.74. The zero-order chi connectivity index (χ0) is 12.5. The van der Waals surface area contributed by atoms with Crippen LogP contribution in [0.1, 0.15) is 32.3 Å². The summed E-state index contributed by atoms with van der Waals surface area (Å²) in [6.45, 7) is 5.53. The van der Waals surface area contributed by atoms with E-state index in [4.69, 9.17) is 11.6 Å². The monoisotopic (exact) mass is 255 g/mol. The van der Waals surface area contributed by atoms with Gasteiger partial charge < -0.3 is 5.32 Å². The molecule has 0 spiro atoms. The van der Waals surface area contributed by atoms with Crippen molar-refractivity contribution in [3.05, 3.63) is 34.6 Å². The van der Waals surface area contributed by atoms with Crippen LogP contribution in [0.15, 0.2) is 18.2 Å². The molecule has 1 heterocycles. The molecule has 2 rings (SSSR count). The van der Waals surface area contributed by atoms with Crippen molar-refractivity contribution in [1.82, 2.24) is 5.32 Å². The van der Waals surface area contributed by atoms with Crippen molar-refractivity contribution < 1.29 is 4.39 Å². The van der Waals surface area contributed by atoms with Crippen LogP contribution in [0.2, 0.25) is 5.02 Å². The molecule has 1 aliphatic rings. The molecular weight excluding hydrogens is 237 g/mol. The van der Waals surface area contributed by atoms with Gasteiger partial charge >= 0.3 is 0 Å². The Labute approximate surface area is 107 Å². The number of rotatable bonds is 3. The van der Waals surface area contributed by atoms with Crippen LogP contribution in [0.5, 0.6) is 0 Å². The summed E-state index contributed by atoms with van der Waals surface area (Å²) in [5, 5.41) is 4.15. The summed E-state index contributed by atoms with van der Waals surface area (Å²) in [4.78, 5) is 0. The smallest absolute Gasteiger partial charge is 0.124 e. The average Bonchev–Trinajstić information content (AvgIpc) is 2.72. The van der Waals surface area contributed by atoms with Crippen molar-refractivity contribution in [1.29, 1.82) is 0 Å². The van der Waals surface area contributed by atoms with Crippen molar-refractivity contribution in [2.75, 3.05) is 6.54 Å². The Bertz CT molecular complexity index is 397. The van der Waals surface area contributed by atoms with Gasteiger partial charge in [-0.3, -0.25) is 0 Å². The van der Waals surface area contributed by atoms with Crippen molar-refractivity contribution in [3.63, 3.8) is 0 Å². The molecule has 3 heteroatoms. The van der Waals surface area contributed by atoms with E-state index in [-0.39, 0.29) is 11.4 Å².